The van der Waals surface area contributed by atoms with Crippen LogP contribution in [0, 0.1) is 5.92 Å². The minimum Gasteiger partial charge on any atom is -0.340 e. The molecule has 19 heavy (non-hydrogen) atoms. The van der Waals surface area contributed by atoms with Crippen LogP contribution in [0.25, 0.3) is 0 Å². The maximum Gasteiger partial charge on any atom is 0.248 e. The van der Waals surface area contributed by atoms with Crippen LogP contribution in [-0.2, 0) is 9.59 Å². The van der Waals surface area contributed by atoms with E-state index in [0.29, 0.717) is 5.92 Å². The van der Waals surface area contributed by atoms with E-state index in [-0.39, 0.29) is 17.9 Å². The normalized spacial score (nSPS) is 35.6. The van der Waals surface area contributed by atoms with Gasteiger partial charge < -0.3 is 10.2 Å². The Labute approximate surface area is 114 Å². The summed E-state index contributed by atoms with van der Waals surface area (Å²) in [4.78, 5) is 27.4. The van der Waals surface area contributed by atoms with E-state index < -0.39 is 11.1 Å². The summed E-state index contributed by atoms with van der Waals surface area (Å²) in [6, 6.07) is 0.267. The first kappa shape index (κ1) is 12.9. The molecule has 2 aliphatic carbocycles. The largest absolute Gasteiger partial charge is 0.340 e. The van der Waals surface area contributed by atoms with Crippen molar-refractivity contribution in [1.29, 1.82) is 0 Å². The first-order chi connectivity index (χ1) is 8.87. The molecular weight excluding hydrogens is 240 g/mol. The second kappa shape index (κ2) is 3.97. The maximum atomic E-state index is 12.8. The SMILES string of the molecule is CC1(C)NC(=O)C(C)(C2CC2)N(C2CCCC2)C1=O. The molecule has 1 unspecified atom stereocenters. The predicted octanol–water partition coefficient (Wildman–Crippen LogP) is 1.83. The van der Waals surface area contributed by atoms with Gasteiger partial charge in [0, 0.05) is 6.04 Å². The molecule has 4 heteroatoms. The minimum absolute atomic E-state index is 0.0477. The molecule has 2 saturated carbocycles. The summed E-state index contributed by atoms with van der Waals surface area (Å²) in [6.45, 7) is 5.62. The summed E-state index contributed by atoms with van der Waals surface area (Å²) >= 11 is 0. The average molecular weight is 264 g/mol. The fourth-order valence-corrected chi connectivity index (χ4v) is 3.82. The Balaban J connectivity index is 2.00. The van der Waals surface area contributed by atoms with Crippen LogP contribution >= 0.6 is 0 Å². The van der Waals surface area contributed by atoms with Crippen molar-refractivity contribution in [1.82, 2.24) is 10.2 Å². The second-order valence-corrected chi connectivity index (χ2v) is 7.11. The summed E-state index contributed by atoms with van der Waals surface area (Å²) in [7, 11) is 0. The van der Waals surface area contributed by atoms with Gasteiger partial charge in [0.2, 0.25) is 11.8 Å². The molecule has 1 N–H and O–H groups in total. The van der Waals surface area contributed by atoms with Gasteiger partial charge in [0.15, 0.2) is 0 Å². The number of nitrogens with zero attached hydrogens (tertiary/aromatic N) is 1. The average Bonchev–Trinajstić information content (AvgIpc) is 3.06. The number of piperazine rings is 1. The van der Waals surface area contributed by atoms with E-state index in [9.17, 15) is 9.59 Å². The lowest BCUT2D eigenvalue weighted by Gasteiger charge is -2.52. The van der Waals surface area contributed by atoms with Crippen LogP contribution in [0.3, 0.4) is 0 Å². The Morgan fingerprint density at radius 2 is 1.63 bits per heavy atom. The molecule has 0 spiro atoms. The zero-order valence-corrected chi connectivity index (χ0v) is 12.2. The zero-order chi connectivity index (χ0) is 13.8. The third-order valence-electron chi connectivity index (χ3n) is 5.20. The van der Waals surface area contributed by atoms with E-state index in [1.165, 1.54) is 12.8 Å². The first-order valence-electron chi connectivity index (χ1n) is 7.54. The van der Waals surface area contributed by atoms with Crippen LogP contribution in [0.15, 0.2) is 0 Å². The molecule has 0 bridgehead atoms. The van der Waals surface area contributed by atoms with E-state index in [1.54, 1.807) is 0 Å². The third-order valence-corrected chi connectivity index (χ3v) is 5.20. The van der Waals surface area contributed by atoms with Gasteiger partial charge in [-0.2, -0.15) is 0 Å². The first-order valence-corrected chi connectivity index (χ1v) is 7.54. The Kier molecular flexibility index (Phi) is 2.70. The van der Waals surface area contributed by atoms with Gasteiger partial charge >= 0.3 is 0 Å². The Morgan fingerprint density at radius 1 is 1.05 bits per heavy atom. The standard InChI is InChI=1S/C15H24N2O2/c1-14(2)13(19)17(11-6-4-5-7-11)15(3,10-8-9-10)12(18)16-14/h10-11H,4-9H2,1-3H3,(H,16,18). The minimum atomic E-state index is -0.756. The monoisotopic (exact) mass is 264 g/mol. The van der Waals surface area contributed by atoms with Crippen LogP contribution in [0.2, 0.25) is 0 Å². The van der Waals surface area contributed by atoms with Crippen LogP contribution < -0.4 is 5.32 Å². The van der Waals surface area contributed by atoms with Crippen LogP contribution in [0.4, 0.5) is 0 Å². The van der Waals surface area contributed by atoms with E-state index in [4.69, 9.17) is 0 Å². The van der Waals surface area contributed by atoms with Gasteiger partial charge in [-0.05, 0) is 52.4 Å². The highest BCUT2D eigenvalue weighted by molar-refractivity contribution is 6.02. The van der Waals surface area contributed by atoms with Gasteiger partial charge in [-0.15, -0.1) is 0 Å². The molecule has 0 aromatic heterocycles. The van der Waals surface area contributed by atoms with E-state index in [1.807, 2.05) is 25.7 Å². The van der Waals surface area contributed by atoms with E-state index in [0.717, 1.165) is 25.7 Å². The highest BCUT2D eigenvalue weighted by atomic mass is 16.2. The number of nitrogens with one attached hydrogen (secondary N) is 1. The molecule has 2 amide bonds. The van der Waals surface area contributed by atoms with Crippen molar-refractivity contribution in [2.75, 3.05) is 0 Å². The summed E-state index contributed by atoms with van der Waals surface area (Å²) in [5.41, 5.74) is -1.37. The summed E-state index contributed by atoms with van der Waals surface area (Å²) < 4.78 is 0. The molecule has 1 atom stereocenters. The number of hydrogen-bond donors (Lipinski definition) is 1. The van der Waals surface area contributed by atoms with Crippen molar-refractivity contribution < 1.29 is 9.59 Å². The summed E-state index contributed by atoms with van der Waals surface area (Å²) in [6.07, 6.45) is 6.60. The lowest BCUT2D eigenvalue weighted by molar-refractivity contribution is -0.166. The third kappa shape index (κ3) is 1.79. The highest BCUT2D eigenvalue weighted by Gasteiger charge is 2.60. The zero-order valence-electron chi connectivity index (χ0n) is 12.2. The van der Waals surface area contributed by atoms with Gasteiger partial charge in [-0.1, -0.05) is 12.8 Å². The Morgan fingerprint density at radius 3 is 2.16 bits per heavy atom. The number of hydrogen-bond acceptors (Lipinski definition) is 2. The molecule has 0 aromatic carbocycles. The van der Waals surface area contributed by atoms with Crippen molar-refractivity contribution in [2.24, 2.45) is 5.92 Å². The summed E-state index contributed by atoms with van der Waals surface area (Å²) in [5.74, 6) is 0.507. The van der Waals surface area contributed by atoms with Gasteiger partial charge in [0.25, 0.3) is 0 Å². The lowest BCUT2D eigenvalue weighted by Crippen LogP contribution is -2.75. The van der Waals surface area contributed by atoms with Gasteiger partial charge in [-0.25, -0.2) is 0 Å². The quantitative estimate of drug-likeness (QED) is 0.827. The maximum absolute atomic E-state index is 12.8. The number of rotatable bonds is 2. The fourth-order valence-electron chi connectivity index (χ4n) is 3.82. The highest BCUT2D eigenvalue weighted by Crippen LogP contribution is 2.48. The number of amides is 2. The number of carbonyl (C=O) groups excluding carboxylic acids is 2. The molecule has 1 heterocycles. The molecule has 0 radical (unpaired) electrons. The van der Waals surface area contributed by atoms with Crippen molar-refractivity contribution in [2.45, 2.75) is 76.4 Å². The summed E-state index contributed by atoms with van der Waals surface area (Å²) in [5, 5.41) is 2.94. The van der Waals surface area contributed by atoms with Crippen LogP contribution in [-0.4, -0.2) is 33.8 Å². The lowest BCUT2D eigenvalue weighted by atomic mass is 9.83. The second-order valence-electron chi connectivity index (χ2n) is 7.11. The van der Waals surface area contributed by atoms with Crippen molar-refractivity contribution in [3.8, 4) is 0 Å². The van der Waals surface area contributed by atoms with Gasteiger partial charge in [0.1, 0.15) is 11.1 Å². The molecule has 0 aromatic rings. The molecule has 3 aliphatic rings. The van der Waals surface area contributed by atoms with Gasteiger partial charge in [-0.3, -0.25) is 9.59 Å². The molecule has 1 aliphatic heterocycles. The van der Waals surface area contributed by atoms with Crippen molar-refractivity contribution in [3.63, 3.8) is 0 Å². The molecule has 3 rings (SSSR count). The van der Waals surface area contributed by atoms with Gasteiger partial charge in [0.05, 0.1) is 0 Å². The smallest absolute Gasteiger partial charge is 0.248 e. The molecule has 106 valence electrons. The van der Waals surface area contributed by atoms with E-state index in [2.05, 4.69) is 5.32 Å². The Bertz CT molecular complexity index is 422. The Hall–Kier alpha value is -1.06. The van der Waals surface area contributed by atoms with Crippen LogP contribution in [0.5, 0.6) is 0 Å². The fraction of sp³-hybridized carbons (Fsp3) is 0.867. The van der Waals surface area contributed by atoms with Crippen LogP contribution in [0.1, 0.15) is 59.3 Å². The molecular formula is C15H24N2O2. The molecule has 4 nitrogen and oxygen atoms in total. The molecule has 1 saturated heterocycles. The van der Waals surface area contributed by atoms with E-state index >= 15 is 0 Å². The predicted molar refractivity (Wildman–Crippen MR) is 72.5 cm³/mol. The number of carbonyl (C=O) groups is 2. The van der Waals surface area contributed by atoms with Crippen molar-refractivity contribution >= 4 is 11.8 Å². The van der Waals surface area contributed by atoms with Crippen molar-refractivity contribution in [3.05, 3.63) is 0 Å². The topological polar surface area (TPSA) is 49.4 Å². The molecule has 3 fully saturated rings.